The highest BCUT2D eigenvalue weighted by Crippen LogP contribution is 2.27. The van der Waals surface area contributed by atoms with Crippen molar-refractivity contribution in [2.75, 3.05) is 6.54 Å². The summed E-state index contributed by atoms with van der Waals surface area (Å²) in [5, 5.41) is 0. The molecule has 0 heterocycles. The summed E-state index contributed by atoms with van der Waals surface area (Å²) in [6.07, 6.45) is 3.82. The van der Waals surface area contributed by atoms with E-state index in [9.17, 15) is 4.79 Å². The van der Waals surface area contributed by atoms with E-state index in [4.69, 9.17) is 5.73 Å². The first-order valence-corrected chi connectivity index (χ1v) is 4.46. The van der Waals surface area contributed by atoms with E-state index < -0.39 is 0 Å². The number of nitrogens with two attached hydrogens (primary N) is 1. The molecule has 0 amide bonds. The maximum Gasteiger partial charge on any atom is 0.136 e. The van der Waals surface area contributed by atoms with Gasteiger partial charge in [-0.2, -0.15) is 0 Å². The lowest BCUT2D eigenvalue weighted by atomic mass is 9.80. The molecule has 0 aromatic rings. The van der Waals surface area contributed by atoms with Crippen LogP contribution in [0.25, 0.3) is 0 Å². The van der Waals surface area contributed by atoms with Crippen molar-refractivity contribution in [2.45, 2.75) is 32.6 Å². The zero-order valence-corrected chi connectivity index (χ0v) is 7.18. The maximum atomic E-state index is 11.3. The Labute approximate surface area is 68.2 Å². The van der Waals surface area contributed by atoms with Crippen LogP contribution in [0.1, 0.15) is 32.6 Å². The molecule has 2 unspecified atom stereocenters. The lowest BCUT2D eigenvalue weighted by molar-refractivity contribution is -0.125. The van der Waals surface area contributed by atoms with Crippen LogP contribution in [-0.2, 0) is 4.79 Å². The van der Waals surface area contributed by atoms with E-state index in [2.05, 4.69) is 6.92 Å². The zero-order valence-electron chi connectivity index (χ0n) is 7.18. The second-order valence-electron chi connectivity index (χ2n) is 3.62. The van der Waals surface area contributed by atoms with Gasteiger partial charge in [0.2, 0.25) is 0 Å². The fourth-order valence-corrected chi connectivity index (χ4v) is 1.81. The topological polar surface area (TPSA) is 43.1 Å². The zero-order chi connectivity index (χ0) is 8.27. The monoisotopic (exact) mass is 155 g/mol. The molecule has 0 saturated heterocycles. The van der Waals surface area contributed by atoms with Gasteiger partial charge in [-0.1, -0.05) is 6.92 Å². The molecule has 64 valence electrons. The van der Waals surface area contributed by atoms with E-state index in [0.717, 1.165) is 31.6 Å². The van der Waals surface area contributed by atoms with Crippen molar-refractivity contribution in [1.82, 2.24) is 0 Å². The molecular formula is C9H17NO. The van der Waals surface area contributed by atoms with Crippen molar-refractivity contribution in [2.24, 2.45) is 17.6 Å². The van der Waals surface area contributed by atoms with Gasteiger partial charge in [0, 0.05) is 12.3 Å². The Hall–Kier alpha value is -0.370. The highest BCUT2D eigenvalue weighted by molar-refractivity contribution is 5.81. The Morgan fingerprint density at radius 2 is 2.36 bits per heavy atom. The summed E-state index contributed by atoms with van der Waals surface area (Å²) >= 11 is 0. The number of Topliss-reactive ketones (excluding diaryl/α,β-unsaturated/α-hetero) is 1. The molecule has 1 aliphatic rings. The molecule has 1 fully saturated rings. The molecule has 0 spiro atoms. The van der Waals surface area contributed by atoms with Crippen LogP contribution in [0.2, 0.25) is 0 Å². The van der Waals surface area contributed by atoms with Gasteiger partial charge in [0.1, 0.15) is 5.78 Å². The first-order valence-electron chi connectivity index (χ1n) is 4.46. The molecular weight excluding hydrogens is 138 g/mol. The number of carbonyl (C=O) groups excluding carboxylic acids is 1. The average Bonchev–Trinajstić information content (AvgIpc) is 1.98. The predicted molar refractivity (Wildman–Crippen MR) is 45.2 cm³/mol. The minimum absolute atomic E-state index is 0.281. The molecule has 1 saturated carbocycles. The van der Waals surface area contributed by atoms with Crippen LogP contribution in [0.15, 0.2) is 0 Å². The first-order chi connectivity index (χ1) is 5.24. The molecule has 0 radical (unpaired) electrons. The molecule has 1 rings (SSSR count). The SMILES string of the molecule is CC1CCC(=O)C(CCN)C1. The van der Waals surface area contributed by atoms with Crippen molar-refractivity contribution in [3.63, 3.8) is 0 Å². The van der Waals surface area contributed by atoms with E-state index >= 15 is 0 Å². The van der Waals surface area contributed by atoms with E-state index in [1.807, 2.05) is 0 Å². The van der Waals surface area contributed by atoms with Crippen LogP contribution in [0.5, 0.6) is 0 Å². The van der Waals surface area contributed by atoms with Crippen LogP contribution in [0.4, 0.5) is 0 Å². The molecule has 0 bridgehead atoms. The van der Waals surface area contributed by atoms with Gasteiger partial charge < -0.3 is 5.73 Å². The van der Waals surface area contributed by atoms with Crippen LogP contribution in [-0.4, -0.2) is 12.3 Å². The van der Waals surface area contributed by atoms with E-state index in [1.54, 1.807) is 0 Å². The fourth-order valence-electron chi connectivity index (χ4n) is 1.81. The maximum absolute atomic E-state index is 11.3. The smallest absolute Gasteiger partial charge is 0.136 e. The lowest BCUT2D eigenvalue weighted by Gasteiger charge is -2.24. The van der Waals surface area contributed by atoms with E-state index in [1.165, 1.54) is 0 Å². The standard InChI is InChI=1S/C9H17NO/c1-7-2-3-9(11)8(6-7)4-5-10/h7-8H,2-6,10H2,1H3. The van der Waals surface area contributed by atoms with Gasteiger partial charge in [0.25, 0.3) is 0 Å². The van der Waals surface area contributed by atoms with Gasteiger partial charge in [0.15, 0.2) is 0 Å². The number of rotatable bonds is 2. The summed E-state index contributed by atoms with van der Waals surface area (Å²) < 4.78 is 0. The minimum atomic E-state index is 0.281. The molecule has 0 aromatic heterocycles. The summed E-state index contributed by atoms with van der Waals surface area (Å²) in [5.41, 5.74) is 5.41. The Bertz CT molecular complexity index is 144. The summed E-state index contributed by atoms with van der Waals surface area (Å²) in [5.74, 6) is 1.45. The highest BCUT2D eigenvalue weighted by Gasteiger charge is 2.25. The molecule has 2 heteroatoms. The summed E-state index contributed by atoms with van der Waals surface area (Å²) in [7, 11) is 0. The molecule has 11 heavy (non-hydrogen) atoms. The Morgan fingerprint density at radius 1 is 1.64 bits per heavy atom. The molecule has 1 aliphatic carbocycles. The van der Waals surface area contributed by atoms with Crippen molar-refractivity contribution >= 4 is 5.78 Å². The van der Waals surface area contributed by atoms with Crippen LogP contribution < -0.4 is 5.73 Å². The van der Waals surface area contributed by atoms with Crippen molar-refractivity contribution < 1.29 is 4.79 Å². The van der Waals surface area contributed by atoms with Gasteiger partial charge in [-0.15, -0.1) is 0 Å². The van der Waals surface area contributed by atoms with E-state index in [-0.39, 0.29) is 5.92 Å². The van der Waals surface area contributed by atoms with Gasteiger partial charge in [-0.3, -0.25) is 4.79 Å². The third-order valence-corrected chi connectivity index (χ3v) is 2.54. The summed E-state index contributed by atoms with van der Waals surface area (Å²) in [6, 6.07) is 0. The third-order valence-electron chi connectivity index (χ3n) is 2.54. The molecule has 0 aromatic carbocycles. The number of hydrogen-bond donors (Lipinski definition) is 1. The molecule has 2 nitrogen and oxygen atoms in total. The van der Waals surface area contributed by atoms with Crippen molar-refractivity contribution in [3.8, 4) is 0 Å². The number of ketones is 1. The number of hydrogen-bond acceptors (Lipinski definition) is 2. The average molecular weight is 155 g/mol. The normalized spacial score (nSPS) is 32.4. The van der Waals surface area contributed by atoms with Gasteiger partial charge in [-0.25, -0.2) is 0 Å². The summed E-state index contributed by atoms with van der Waals surface area (Å²) in [6.45, 7) is 2.87. The van der Waals surface area contributed by atoms with Crippen molar-refractivity contribution in [1.29, 1.82) is 0 Å². The Morgan fingerprint density at radius 3 is 3.00 bits per heavy atom. The summed E-state index contributed by atoms with van der Waals surface area (Å²) in [4.78, 5) is 11.3. The van der Waals surface area contributed by atoms with E-state index in [0.29, 0.717) is 12.3 Å². The molecule has 0 aliphatic heterocycles. The molecule has 2 N–H and O–H groups in total. The van der Waals surface area contributed by atoms with Crippen LogP contribution in [0.3, 0.4) is 0 Å². The van der Waals surface area contributed by atoms with Gasteiger partial charge >= 0.3 is 0 Å². The fraction of sp³-hybridized carbons (Fsp3) is 0.889. The second kappa shape index (κ2) is 3.86. The van der Waals surface area contributed by atoms with Crippen LogP contribution in [0, 0.1) is 11.8 Å². The second-order valence-corrected chi connectivity index (χ2v) is 3.62. The Balaban J connectivity index is 2.40. The van der Waals surface area contributed by atoms with Crippen LogP contribution >= 0.6 is 0 Å². The quantitative estimate of drug-likeness (QED) is 0.654. The van der Waals surface area contributed by atoms with Crippen molar-refractivity contribution in [3.05, 3.63) is 0 Å². The third kappa shape index (κ3) is 2.29. The largest absolute Gasteiger partial charge is 0.330 e. The van der Waals surface area contributed by atoms with Gasteiger partial charge in [0.05, 0.1) is 0 Å². The Kier molecular flexibility index (Phi) is 3.06. The highest BCUT2D eigenvalue weighted by atomic mass is 16.1. The molecule has 2 atom stereocenters. The minimum Gasteiger partial charge on any atom is -0.330 e. The number of carbonyl (C=O) groups is 1. The van der Waals surface area contributed by atoms with Gasteiger partial charge in [-0.05, 0) is 31.7 Å². The predicted octanol–water partition coefficient (Wildman–Crippen LogP) is 1.34. The first kappa shape index (κ1) is 8.72. The lowest BCUT2D eigenvalue weighted by Crippen LogP contribution is -2.25.